The maximum atomic E-state index is 13.7. The van der Waals surface area contributed by atoms with Crippen molar-refractivity contribution in [3.05, 3.63) is 112 Å². The summed E-state index contributed by atoms with van der Waals surface area (Å²) in [7, 11) is 4.42. The zero-order chi connectivity index (χ0) is 34.4. The van der Waals surface area contributed by atoms with Crippen molar-refractivity contribution < 1.29 is 33.4 Å². The van der Waals surface area contributed by atoms with E-state index in [-0.39, 0.29) is 23.0 Å². The van der Waals surface area contributed by atoms with Gasteiger partial charge in [-0.15, -0.1) is 11.8 Å². The molecule has 48 heavy (non-hydrogen) atoms. The molecule has 4 aromatic rings. The molecule has 0 saturated carbocycles. The average molecular weight is 707 g/mol. The molecule has 1 heterocycles. The number of nitrogens with one attached hydrogen (secondary N) is 2. The van der Waals surface area contributed by atoms with Crippen molar-refractivity contribution in [2.24, 2.45) is 0 Å². The van der Waals surface area contributed by atoms with Gasteiger partial charge in [-0.25, -0.2) is 4.90 Å². The Morgan fingerprint density at radius 1 is 0.854 bits per heavy atom. The maximum Gasteiger partial charge on any atom is 0.272 e. The van der Waals surface area contributed by atoms with E-state index in [9.17, 15) is 19.2 Å². The summed E-state index contributed by atoms with van der Waals surface area (Å²) < 4.78 is 16.3. The zero-order valence-electron chi connectivity index (χ0n) is 25.9. The third-order valence-corrected chi connectivity index (χ3v) is 9.08. The second kappa shape index (κ2) is 15.3. The Kier molecular flexibility index (Phi) is 10.9. The summed E-state index contributed by atoms with van der Waals surface area (Å²) in [5.74, 6) is -0.779. The fourth-order valence-electron chi connectivity index (χ4n) is 4.90. The molecular weight excluding hydrogens is 677 g/mol. The van der Waals surface area contributed by atoms with Gasteiger partial charge < -0.3 is 24.8 Å². The van der Waals surface area contributed by atoms with Gasteiger partial charge in [0.05, 0.1) is 42.3 Å². The molecule has 1 fully saturated rings. The predicted octanol–water partition coefficient (Wildman–Crippen LogP) is 6.85. The molecule has 1 atom stereocenters. The highest BCUT2D eigenvalue weighted by Crippen LogP contribution is 2.39. The monoisotopic (exact) mass is 705 g/mol. The second-order valence-corrected chi connectivity index (χ2v) is 12.4. The van der Waals surface area contributed by atoms with Gasteiger partial charge in [0.2, 0.25) is 17.6 Å². The van der Waals surface area contributed by atoms with Gasteiger partial charge in [0, 0.05) is 22.6 Å². The molecule has 4 amide bonds. The molecule has 0 aromatic heterocycles. The first-order valence-electron chi connectivity index (χ1n) is 14.4. The number of imide groups is 1. The molecule has 246 valence electrons. The van der Waals surface area contributed by atoms with Crippen molar-refractivity contribution in [2.75, 3.05) is 31.5 Å². The van der Waals surface area contributed by atoms with E-state index in [4.69, 9.17) is 37.4 Å². The van der Waals surface area contributed by atoms with Crippen LogP contribution < -0.4 is 29.7 Å². The molecule has 0 unspecified atom stereocenters. The highest BCUT2D eigenvalue weighted by molar-refractivity contribution is 8.00. The largest absolute Gasteiger partial charge is 0.493 e. The lowest BCUT2D eigenvalue weighted by molar-refractivity contribution is -0.121. The Morgan fingerprint density at radius 3 is 2.21 bits per heavy atom. The number of halogens is 2. The number of carbonyl (C=O) groups excluding carboxylic acids is 4. The van der Waals surface area contributed by atoms with Crippen molar-refractivity contribution in [1.82, 2.24) is 5.32 Å². The van der Waals surface area contributed by atoms with E-state index in [0.717, 1.165) is 4.90 Å². The van der Waals surface area contributed by atoms with Crippen LogP contribution in [0.5, 0.6) is 17.2 Å². The van der Waals surface area contributed by atoms with Gasteiger partial charge in [0.1, 0.15) is 5.70 Å². The fraction of sp³-hybridized carbons (Fsp3) is 0.143. The van der Waals surface area contributed by atoms with Crippen LogP contribution in [0, 0.1) is 0 Å². The molecule has 1 saturated heterocycles. The lowest BCUT2D eigenvalue weighted by atomic mass is 10.1. The topological polar surface area (TPSA) is 123 Å². The van der Waals surface area contributed by atoms with Crippen LogP contribution in [0.15, 0.2) is 95.5 Å². The van der Waals surface area contributed by atoms with Gasteiger partial charge in [-0.1, -0.05) is 47.5 Å². The Labute approximate surface area is 290 Å². The van der Waals surface area contributed by atoms with Crippen molar-refractivity contribution >= 4 is 76.0 Å². The van der Waals surface area contributed by atoms with Crippen LogP contribution in [0.2, 0.25) is 10.0 Å². The highest BCUT2D eigenvalue weighted by atomic mass is 35.5. The normalized spacial score (nSPS) is 14.5. The summed E-state index contributed by atoms with van der Waals surface area (Å²) in [6.07, 6.45) is 1.47. The minimum Gasteiger partial charge on any atom is -0.493 e. The number of methoxy groups -OCH3 is 3. The van der Waals surface area contributed by atoms with Gasteiger partial charge in [-0.2, -0.15) is 0 Å². The maximum absolute atomic E-state index is 13.7. The van der Waals surface area contributed by atoms with Crippen LogP contribution in [-0.4, -0.2) is 50.2 Å². The molecule has 2 N–H and O–H groups in total. The molecular formula is C35H29Cl2N3O7S. The number of benzene rings is 4. The van der Waals surface area contributed by atoms with Gasteiger partial charge in [0.25, 0.3) is 11.8 Å². The van der Waals surface area contributed by atoms with Crippen molar-refractivity contribution in [2.45, 2.75) is 16.6 Å². The van der Waals surface area contributed by atoms with Crippen LogP contribution in [0.4, 0.5) is 11.4 Å². The number of anilines is 2. The van der Waals surface area contributed by atoms with Crippen LogP contribution in [0.25, 0.3) is 6.08 Å². The molecule has 0 spiro atoms. The van der Waals surface area contributed by atoms with Gasteiger partial charge in [-0.3, -0.25) is 19.2 Å². The SMILES string of the molecule is COc1cc(/C=C(\NC(=O)c2ccccc2)C(=O)Nc2cccc(S[C@@H]3CC(=O)N(c4ccc(Cl)c(Cl)c4)C3=O)c2)cc(OC)c1OC. The fourth-order valence-corrected chi connectivity index (χ4v) is 6.30. The predicted molar refractivity (Wildman–Crippen MR) is 186 cm³/mol. The summed E-state index contributed by atoms with van der Waals surface area (Å²) in [5, 5.41) is 5.37. The summed E-state index contributed by atoms with van der Waals surface area (Å²) in [4.78, 5) is 54.7. The van der Waals surface area contributed by atoms with E-state index in [1.165, 1.54) is 51.3 Å². The molecule has 0 bridgehead atoms. The number of amides is 4. The Balaban J connectivity index is 1.38. The van der Waals surface area contributed by atoms with Gasteiger partial charge in [-0.05, 0) is 72.3 Å². The van der Waals surface area contributed by atoms with E-state index >= 15 is 0 Å². The van der Waals surface area contributed by atoms with Gasteiger partial charge >= 0.3 is 0 Å². The van der Waals surface area contributed by atoms with Crippen LogP contribution >= 0.6 is 35.0 Å². The molecule has 4 aromatic carbocycles. The lowest BCUT2D eigenvalue weighted by Crippen LogP contribution is -2.31. The summed E-state index contributed by atoms with van der Waals surface area (Å²) >= 11 is 13.3. The van der Waals surface area contributed by atoms with Crippen LogP contribution in [0.3, 0.4) is 0 Å². The molecule has 13 heteroatoms. The van der Waals surface area contributed by atoms with E-state index in [1.54, 1.807) is 72.8 Å². The van der Waals surface area contributed by atoms with Crippen LogP contribution in [-0.2, 0) is 14.4 Å². The minimum absolute atomic E-state index is 0.0203. The summed E-state index contributed by atoms with van der Waals surface area (Å²) in [5.41, 5.74) is 1.51. The smallest absolute Gasteiger partial charge is 0.272 e. The first-order chi connectivity index (χ1) is 23.1. The Bertz CT molecular complexity index is 1890. The summed E-state index contributed by atoms with van der Waals surface area (Å²) in [6, 6.07) is 23.1. The second-order valence-electron chi connectivity index (χ2n) is 10.3. The Hall–Kier alpha value is -4.97. The quantitative estimate of drug-likeness (QED) is 0.128. The van der Waals surface area contributed by atoms with Crippen LogP contribution in [0.1, 0.15) is 22.3 Å². The van der Waals surface area contributed by atoms with Crippen molar-refractivity contribution in [3.63, 3.8) is 0 Å². The molecule has 10 nitrogen and oxygen atoms in total. The third-order valence-electron chi connectivity index (χ3n) is 7.16. The van der Waals surface area contributed by atoms with E-state index in [1.807, 2.05) is 0 Å². The van der Waals surface area contributed by atoms with Crippen molar-refractivity contribution in [1.29, 1.82) is 0 Å². The molecule has 0 radical (unpaired) electrons. The zero-order valence-corrected chi connectivity index (χ0v) is 28.2. The molecule has 5 rings (SSSR count). The van der Waals surface area contributed by atoms with E-state index in [0.29, 0.717) is 49.7 Å². The minimum atomic E-state index is -0.696. The first kappa shape index (κ1) is 34.4. The number of carbonyl (C=O) groups is 4. The number of hydrogen-bond donors (Lipinski definition) is 2. The number of rotatable bonds is 11. The Morgan fingerprint density at radius 2 is 1.56 bits per heavy atom. The molecule has 1 aliphatic heterocycles. The number of ether oxygens (including phenoxy) is 3. The first-order valence-corrected chi connectivity index (χ1v) is 16.0. The van der Waals surface area contributed by atoms with Gasteiger partial charge in [0.15, 0.2) is 11.5 Å². The van der Waals surface area contributed by atoms with E-state index in [2.05, 4.69) is 10.6 Å². The number of hydrogen-bond acceptors (Lipinski definition) is 8. The standard InChI is InChI=1S/C35H29Cl2N3O7S/c1-45-28-15-20(16-29(46-2)32(28)47-3)14-27(39-33(42)21-8-5-4-6-9-21)34(43)38-22-10-7-11-24(17-22)48-30-19-31(41)40(35(30)44)23-12-13-25(36)26(37)18-23/h4-18,30H,19H2,1-3H3,(H,38,43)(H,39,42)/b27-14-/t30-/m1/s1. The molecule has 1 aliphatic rings. The number of nitrogens with zero attached hydrogens (tertiary/aromatic N) is 1. The average Bonchev–Trinajstić information content (AvgIpc) is 3.37. The van der Waals surface area contributed by atoms with Crippen molar-refractivity contribution in [3.8, 4) is 17.2 Å². The summed E-state index contributed by atoms with van der Waals surface area (Å²) in [6.45, 7) is 0. The third kappa shape index (κ3) is 7.76. The highest BCUT2D eigenvalue weighted by Gasteiger charge is 2.40. The molecule has 0 aliphatic carbocycles. The lowest BCUT2D eigenvalue weighted by Gasteiger charge is -2.16. The van der Waals surface area contributed by atoms with E-state index < -0.39 is 23.0 Å². The number of thioether (sulfide) groups is 1.